The number of nitrogens with zero attached hydrogens (tertiary/aromatic N) is 4. The summed E-state index contributed by atoms with van der Waals surface area (Å²) in [6, 6.07) is 15.6. The fraction of sp³-hybridized carbons (Fsp3) is 0.280. The number of rotatable bonds is 6. The Hall–Kier alpha value is -3.74. The molecule has 0 atom stereocenters. The summed E-state index contributed by atoms with van der Waals surface area (Å²) in [6.07, 6.45) is 6.09. The summed E-state index contributed by atoms with van der Waals surface area (Å²) in [5, 5.41) is 11.7. The molecule has 1 N–H and O–H groups in total. The fourth-order valence-electron chi connectivity index (χ4n) is 3.89. The first kappa shape index (κ1) is 20.2. The lowest BCUT2D eigenvalue weighted by Gasteiger charge is -2.20. The largest absolute Gasteiger partial charge is 0.339 e. The molecule has 32 heavy (non-hydrogen) atoms. The highest BCUT2D eigenvalue weighted by atomic mass is 16.5. The minimum absolute atomic E-state index is 0.165. The van der Waals surface area contributed by atoms with Crippen molar-refractivity contribution in [1.29, 1.82) is 0 Å². The van der Waals surface area contributed by atoms with Crippen LogP contribution in [0.4, 0.5) is 5.69 Å². The number of para-hydroxylation sites is 1. The maximum absolute atomic E-state index is 12.9. The Labute approximate surface area is 186 Å². The van der Waals surface area contributed by atoms with Crippen LogP contribution in [0.1, 0.15) is 59.6 Å². The number of anilines is 1. The highest BCUT2D eigenvalue weighted by Gasteiger charge is 2.25. The van der Waals surface area contributed by atoms with Crippen molar-refractivity contribution in [2.45, 2.75) is 45.4 Å². The van der Waals surface area contributed by atoms with Crippen LogP contribution in [0, 0.1) is 6.92 Å². The maximum atomic E-state index is 12.9. The molecule has 1 saturated carbocycles. The number of hydrogen-bond acceptors (Lipinski definition) is 5. The lowest BCUT2D eigenvalue weighted by Crippen LogP contribution is -2.13. The molecule has 1 fully saturated rings. The van der Waals surface area contributed by atoms with Gasteiger partial charge in [-0.2, -0.15) is 10.1 Å². The van der Waals surface area contributed by atoms with E-state index in [2.05, 4.69) is 27.5 Å². The Balaban J connectivity index is 1.34. The first-order valence-corrected chi connectivity index (χ1v) is 11.0. The molecule has 7 heteroatoms. The van der Waals surface area contributed by atoms with Gasteiger partial charge in [0, 0.05) is 23.4 Å². The van der Waals surface area contributed by atoms with E-state index in [1.807, 2.05) is 55.5 Å². The molecular formula is C25H25N5O2. The standard InChI is InChI=1S/C25H25N5O2/c1-3-17-7-4-5-10-22(17)26-24(31)21-15-30(28-16(21)2)20-13-11-18(12-14-20)23-27-25(32-29-23)19-8-6-9-19/h4-5,7,10-15,19H,3,6,8-9H2,1-2H3,(H,26,31). The second-order valence-corrected chi connectivity index (χ2v) is 8.17. The predicted octanol–water partition coefficient (Wildman–Crippen LogP) is 5.31. The van der Waals surface area contributed by atoms with Crippen molar-refractivity contribution in [2.75, 3.05) is 5.32 Å². The molecule has 0 bridgehead atoms. The van der Waals surface area contributed by atoms with Gasteiger partial charge in [-0.25, -0.2) is 4.68 Å². The average molecular weight is 428 g/mol. The molecule has 0 radical (unpaired) electrons. The van der Waals surface area contributed by atoms with Crippen LogP contribution in [0.2, 0.25) is 0 Å². The van der Waals surface area contributed by atoms with Crippen molar-refractivity contribution < 1.29 is 9.32 Å². The minimum Gasteiger partial charge on any atom is -0.339 e. The summed E-state index contributed by atoms with van der Waals surface area (Å²) in [7, 11) is 0. The van der Waals surface area contributed by atoms with Crippen LogP contribution in [0.3, 0.4) is 0 Å². The van der Waals surface area contributed by atoms with Gasteiger partial charge < -0.3 is 9.84 Å². The molecule has 4 aromatic rings. The zero-order valence-corrected chi connectivity index (χ0v) is 18.2. The number of hydrogen-bond donors (Lipinski definition) is 1. The summed E-state index contributed by atoms with van der Waals surface area (Å²) in [4.78, 5) is 17.4. The molecular weight excluding hydrogens is 402 g/mol. The normalized spacial score (nSPS) is 13.7. The van der Waals surface area contributed by atoms with E-state index in [1.54, 1.807) is 10.9 Å². The maximum Gasteiger partial charge on any atom is 0.259 e. The zero-order valence-electron chi connectivity index (χ0n) is 18.2. The van der Waals surface area contributed by atoms with Crippen LogP contribution in [-0.2, 0) is 6.42 Å². The van der Waals surface area contributed by atoms with Gasteiger partial charge in [0.1, 0.15) is 0 Å². The average Bonchev–Trinajstić information content (AvgIpc) is 3.40. The predicted molar refractivity (Wildman–Crippen MR) is 122 cm³/mol. The van der Waals surface area contributed by atoms with Crippen molar-refractivity contribution in [1.82, 2.24) is 19.9 Å². The van der Waals surface area contributed by atoms with Crippen molar-refractivity contribution in [3.05, 3.63) is 77.4 Å². The van der Waals surface area contributed by atoms with Crippen molar-refractivity contribution in [3.63, 3.8) is 0 Å². The van der Waals surface area contributed by atoms with E-state index in [1.165, 1.54) is 6.42 Å². The van der Waals surface area contributed by atoms with Crippen molar-refractivity contribution in [2.24, 2.45) is 0 Å². The van der Waals surface area contributed by atoms with E-state index in [0.717, 1.165) is 47.7 Å². The Morgan fingerprint density at radius 1 is 1.16 bits per heavy atom. The van der Waals surface area contributed by atoms with Gasteiger partial charge in [0.15, 0.2) is 0 Å². The molecule has 1 amide bonds. The smallest absolute Gasteiger partial charge is 0.259 e. The zero-order chi connectivity index (χ0) is 22.1. The van der Waals surface area contributed by atoms with E-state index in [-0.39, 0.29) is 5.91 Å². The fourth-order valence-corrected chi connectivity index (χ4v) is 3.89. The van der Waals surface area contributed by atoms with Gasteiger partial charge in [-0.1, -0.05) is 36.7 Å². The minimum atomic E-state index is -0.165. The first-order valence-electron chi connectivity index (χ1n) is 11.0. The molecule has 1 aliphatic rings. The lowest BCUT2D eigenvalue weighted by atomic mass is 9.85. The summed E-state index contributed by atoms with van der Waals surface area (Å²) < 4.78 is 7.14. The third kappa shape index (κ3) is 3.82. The third-order valence-electron chi connectivity index (χ3n) is 6.08. The monoisotopic (exact) mass is 427 g/mol. The number of nitrogens with one attached hydrogen (secondary N) is 1. The molecule has 0 aliphatic heterocycles. The van der Waals surface area contributed by atoms with Gasteiger partial charge in [0.25, 0.3) is 5.91 Å². The Morgan fingerprint density at radius 2 is 1.94 bits per heavy atom. The molecule has 2 aromatic carbocycles. The van der Waals surface area contributed by atoms with Crippen LogP contribution >= 0.6 is 0 Å². The van der Waals surface area contributed by atoms with Crippen LogP contribution in [0.25, 0.3) is 17.1 Å². The number of aromatic nitrogens is 4. The molecule has 1 aliphatic carbocycles. The second-order valence-electron chi connectivity index (χ2n) is 8.17. The van der Waals surface area contributed by atoms with Gasteiger partial charge in [0.05, 0.1) is 16.9 Å². The second kappa shape index (κ2) is 8.42. The number of amides is 1. The molecule has 7 nitrogen and oxygen atoms in total. The van der Waals surface area contributed by atoms with Crippen LogP contribution in [0.15, 0.2) is 59.3 Å². The third-order valence-corrected chi connectivity index (χ3v) is 6.08. The van der Waals surface area contributed by atoms with E-state index in [4.69, 9.17) is 4.52 Å². The molecule has 0 saturated heterocycles. The van der Waals surface area contributed by atoms with Gasteiger partial charge in [0.2, 0.25) is 11.7 Å². The number of carbonyl (C=O) groups excluding carboxylic acids is 1. The summed E-state index contributed by atoms with van der Waals surface area (Å²) in [5.74, 6) is 1.58. The van der Waals surface area contributed by atoms with Gasteiger partial charge in [-0.3, -0.25) is 4.79 Å². The Morgan fingerprint density at radius 3 is 2.66 bits per heavy atom. The van der Waals surface area contributed by atoms with Crippen LogP contribution in [0.5, 0.6) is 0 Å². The van der Waals surface area contributed by atoms with Gasteiger partial charge >= 0.3 is 0 Å². The molecule has 0 unspecified atom stereocenters. The van der Waals surface area contributed by atoms with E-state index < -0.39 is 0 Å². The summed E-state index contributed by atoms with van der Waals surface area (Å²) >= 11 is 0. The highest BCUT2D eigenvalue weighted by molar-refractivity contribution is 6.05. The van der Waals surface area contributed by atoms with Crippen molar-refractivity contribution >= 4 is 11.6 Å². The molecule has 2 heterocycles. The van der Waals surface area contributed by atoms with Crippen LogP contribution in [-0.4, -0.2) is 25.8 Å². The van der Waals surface area contributed by atoms with Gasteiger partial charge in [-0.15, -0.1) is 0 Å². The molecule has 5 rings (SSSR count). The Bertz CT molecular complexity index is 1250. The van der Waals surface area contributed by atoms with Crippen molar-refractivity contribution in [3.8, 4) is 17.1 Å². The number of carbonyl (C=O) groups is 1. The molecule has 162 valence electrons. The summed E-state index contributed by atoms with van der Waals surface area (Å²) in [6.45, 7) is 3.91. The quantitative estimate of drug-likeness (QED) is 0.450. The molecule has 2 aromatic heterocycles. The number of benzene rings is 2. The highest BCUT2D eigenvalue weighted by Crippen LogP contribution is 2.36. The first-order chi connectivity index (χ1) is 15.6. The van der Waals surface area contributed by atoms with E-state index in [9.17, 15) is 4.79 Å². The summed E-state index contributed by atoms with van der Waals surface area (Å²) in [5.41, 5.74) is 4.89. The van der Waals surface area contributed by atoms with E-state index in [0.29, 0.717) is 23.0 Å². The van der Waals surface area contributed by atoms with E-state index >= 15 is 0 Å². The number of aryl methyl sites for hydroxylation is 2. The van der Waals surface area contributed by atoms with Gasteiger partial charge in [-0.05, 0) is 62.1 Å². The van der Waals surface area contributed by atoms with Crippen LogP contribution < -0.4 is 5.32 Å². The Kier molecular flexibility index (Phi) is 5.31. The lowest BCUT2D eigenvalue weighted by molar-refractivity contribution is 0.102. The SMILES string of the molecule is CCc1ccccc1NC(=O)c1cn(-c2ccc(-c3noc(C4CCC4)n3)cc2)nc1C. The molecule has 0 spiro atoms. The topological polar surface area (TPSA) is 85.8 Å².